The molecule has 4 rings (SSSR count). The smallest absolute Gasteiger partial charge is 1.00 e. The van der Waals surface area contributed by atoms with Crippen LogP contribution in [0.1, 0.15) is 53.2 Å². The Kier molecular flexibility index (Phi) is 18.6. The van der Waals surface area contributed by atoms with Gasteiger partial charge in [-0.05, 0) is 59.2 Å². The number of carbonyl (C=O) groups excluding carboxylic acids is 3. The van der Waals surface area contributed by atoms with E-state index >= 15 is 0 Å². The summed E-state index contributed by atoms with van der Waals surface area (Å²) in [4.78, 5) is 36.5. The van der Waals surface area contributed by atoms with Crippen molar-refractivity contribution in [3.8, 4) is 0 Å². The maximum atomic E-state index is 11.8. The van der Waals surface area contributed by atoms with Crippen molar-refractivity contribution in [3.63, 3.8) is 0 Å². The van der Waals surface area contributed by atoms with E-state index in [2.05, 4.69) is 6.07 Å². The molecule has 2 aromatic carbocycles. The van der Waals surface area contributed by atoms with Crippen LogP contribution in [0.5, 0.6) is 0 Å². The minimum atomic E-state index is -0.668. The average molecular weight is 768 g/mol. The molecule has 2 aromatic rings. The summed E-state index contributed by atoms with van der Waals surface area (Å²) < 4.78 is 10.4. The first kappa shape index (κ1) is 43.0. The molecule has 0 aromatic heterocycles. The summed E-state index contributed by atoms with van der Waals surface area (Å²) in [6.45, 7) is 12.9. The molecule has 2 aliphatic rings. The number of rotatable bonds is 3. The van der Waals surface area contributed by atoms with Gasteiger partial charge in [-0.3, -0.25) is 0 Å². The largest absolute Gasteiger partial charge is 2.00 e. The molecule has 0 radical (unpaired) electrons. The van der Waals surface area contributed by atoms with Crippen molar-refractivity contribution in [1.29, 1.82) is 0 Å². The summed E-state index contributed by atoms with van der Waals surface area (Å²) in [5.74, 6) is -0.0118. The Morgan fingerprint density at radius 1 is 0.864 bits per heavy atom. The molecule has 0 bridgehead atoms. The molecule has 1 N–H and O–H groups in total. The summed E-state index contributed by atoms with van der Waals surface area (Å²) in [5, 5.41) is 12.3. The fraction of sp³-hybridized carbons (Fsp3) is 0.500. The Bertz CT molecular complexity index is 1210. The SMILES string of the molecule is CC(C)(C)OC(=O)N1CC(C(O)c2ccc(Cl)c(Cl)c2)C1.CC(C)(C)OC(=O)N1CC(C=O)C1.Clc1c[c-]ccc1Cl.[Br-].[Mg+2]. The summed E-state index contributed by atoms with van der Waals surface area (Å²) in [6.07, 6.45) is -0.468. The number of halogens is 5. The van der Waals surface area contributed by atoms with Gasteiger partial charge in [0, 0.05) is 32.1 Å². The standard InChI is InChI=1S/C15H19Cl2NO3.C9H15NO3.C6H3Cl2.BrH.Mg/c1-15(2,3)21-14(20)18-7-10(8-18)13(19)9-4-5-11(16)12(17)6-9;1-9(2,3)13-8(12)10-4-7(5-10)6-11;7-5-3-1-2-4-6(5)8;;/h4-6,10,13,19H,7-8H2,1-3H3;6-7H,4-5H2,1-3H3;1,3-4H;1H;/q;;-1;;+2/p-1. The van der Waals surface area contributed by atoms with Gasteiger partial charge in [-0.2, -0.15) is 35.9 Å². The molecule has 2 amide bonds. The van der Waals surface area contributed by atoms with E-state index in [1.165, 1.54) is 4.90 Å². The first-order valence-corrected chi connectivity index (χ1v) is 14.8. The topological polar surface area (TPSA) is 96.4 Å². The number of aliphatic hydroxyl groups is 1. The summed E-state index contributed by atoms with van der Waals surface area (Å²) >= 11 is 22.9. The van der Waals surface area contributed by atoms with Crippen LogP contribution in [-0.4, -0.2) is 93.8 Å². The monoisotopic (exact) mass is 764 g/mol. The fourth-order valence-corrected chi connectivity index (χ4v) is 4.17. The van der Waals surface area contributed by atoms with Gasteiger partial charge in [-0.15, -0.1) is 11.6 Å². The summed E-state index contributed by atoms with van der Waals surface area (Å²) in [7, 11) is 0. The molecule has 0 saturated carbocycles. The van der Waals surface area contributed by atoms with E-state index in [-0.39, 0.29) is 64.1 Å². The first-order chi connectivity index (χ1) is 19.4. The third-order valence-corrected chi connectivity index (χ3v) is 7.29. The maximum absolute atomic E-state index is 11.8. The van der Waals surface area contributed by atoms with E-state index < -0.39 is 17.3 Å². The average Bonchev–Trinajstić information content (AvgIpc) is 2.79. The van der Waals surface area contributed by atoms with Crippen LogP contribution in [0.15, 0.2) is 36.4 Å². The minimum Gasteiger partial charge on any atom is -1.00 e. The number of amides is 2. The molecule has 2 heterocycles. The molecule has 1 atom stereocenters. The zero-order valence-corrected chi connectivity index (χ0v) is 31.6. The summed E-state index contributed by atoms with van der Waals surface area (Å²) in [6, 6.07) is 12.9. The molecule has 240 valence electrons. The van der Waals surface area contributed by atoms with E-state index in [9.17, 15) is 19.5 Å². The number of likely N-dealkylation sites (tertiary alicyclic amines) is 2. The van der Waals surface area contributed by atoms with Gasteiger partial charge in [0.2, 0.25) is 0 Å². The second-order valence-corrected chi connectivity index (χ2v) is 13.5. The van der Waals surface area contributed by atoms with Crippen LogP contribution in [0.2, 0.25) is 20.1 Å². The van der Waals surface area contributed by atoms with Gasteiger partial charge < -0.3 is 46.2 Å². The van der Waals surface area contributed by atoms with Crippen molar-refractivity contribution in [3.05, 3.63) is 68.1 Å². The molecule has 0 aliphatic carbocycles. The van der Waals surface area contributed by atoms with Crippen molar-refractivity contribution in [1.82, 2.24) is 9.80 Å². The van der Waals surface area contributed by atoms with E-state index in [0.717, 1.165) is 6.29 Å². The first-order valence-electron chi connectivity index (χ1n) is 13.3. The van der Waals surface area contributed by atoms with Gasteiger partial charge in [0.15, 0.2) is 0 Å². The number of carbonyl (C=O) groups is 3. The number of aldehydes is 1. The van der Waals surface area contributed by atoms with E-state index in [0.29, 0.717) is 51.8 Å². The second kappa shape index (κ2) is 19.0. The minimum absolute atomic E-state index is 0. The van der Waals surface area contributed by atoms with E-state index in [1.807, 2.05) is 41.5 Å². The van der Waals surface area contributed by atoms with Crippen molar-refractivity contribution < 1.29 is 45.9 Å². The van der Waals surface area contributed by atoms with Crippen LogP contribution in [0.3, 0.4) is 0 Å². The van der Waals surface area contributed by atoms with Crippen molar-refractivity contribution >= 4 is 87.9 Å². The van der Waals surface area contributed by atoms with Crippen LogP contribution in [-0.2, 0) is 14.3 Å². The van der Waals surface area contributed by atoms with Crippen LogP contribution in [0, 0.1) is 17.9 Å². The maximum Gasteiger partial charge on any atom is 2.00 e. The molecule has 2 aliphatic heterocycles. The van der Waals surface area contributed by atoms with Crippen molar-refractivity contribution in [2.24, 2.45) is 11.8 Å². The quantitative estimate of drug-likeness (QED) is 0.284. The zero-order valence-electron chi connectivity index (χ0n) is 25.6. The molecule has 44 heavy (non-hydrogen) atoms. The normalized spacial score (nSPS) is 15.2. The predicted octanol–water partition coefficient (Wildman–Crippen LogP) is 4.36. The molecule has 1 unspecified atom stereocenters. The van der Waals surface area contributed by atoms with Crippen LogP contribution < -0.4 is 17.0 Å². The van der Waals surface area contributed by atoms with Gasteiger partial charge in [0.05, 0.1) is 22.1 Å². The summed E-state index contributed by atoms with van der Waals surface area (Å²) in [5.41, 5.74) is -0.258. The molecular formula is C30H37BrCl4MgN2O6. The number of ether oxygens (including phenoxy) is 2. The Labute approximate surface area is 306 Å². The van der Waals surface area contributed by atoms with Gasteiger partial charge >= 0.3 is 35.2 Å². The number of nitrogens with zero attached hydrogens (tertiary/aromatic N) is 2. The number of aliphatic hydroxyl groups excluding tert-OH is 1. The predicted molar refractivity (Wildman–Crippen MR) is 171 cm³/mol. The zero-order chi connectivity index (χ0) is 31.8. The number of hydrogen-bond acceptors (Lipinski definition) is 6. The number of hydrogen-bond donors (Lipinski definition) is 1. The Morgan fingerprint density at radius 3 is 1.73 bits per heavy atom. The second-order valence-electron chi connectivity index (χ2n) is 11.9. The molecular weight excluding hydrogens is 730 g/mol. The van der Waals surface area contributed by atoms with Gasteiger partial charge in [0.25, 0.3) is 0 Å². The van der Waals surface area contributed by atoms with Crippen LogP contribution >= 0.6 is 46.4 Å². The molecule has 0 spiro atoms. The van der Waals surface area contributed by atoms with Gasteiger partial charge in [-0.25, -0.2) is 9.59 Å². The molecule has 8 nitrogen and oxygen atoms in total. The third kappa shape index (κ3) is 14.6. The Balaban J connectivity index is 0.000000687. The van der Waals surface area contributed by atoms with E-state index in [4.69, 9.17) is 55.9 Å². The van der Waals surface area contributed by atoms with Crippen molar-refractivity contribution in [2.75, 3.05) is 26.2 Å². The van der Waals surface area contributed by atoms with Crippen molar-refractivity contribution in [2.45, 2.75) is 58.8 Å². The third-order valence-electron chi connectivity index (χ3n) is 5.81. The Morgan fingerprint density at radius 2 is 1.34 bits per heavy atom. The fourth-order valence-electron chi connectivity index (χ4n) is 3.62. The number of benzene rings is 2. The molecule has 2 saturated heterocycles. The Hall–Kier alpha value is -0.984. The molecule has 14 heteroatoms. The van der Waals surface area contributed by atoms with Crippen LogP contribution in [0.25, 0.3) is 0 Å². The van der Waals surface area contributed by atoms with Gasteiger partial charge in [-0.1, -0.05) is 39.3 Å². The van der Waals surface area contributed by atoms with E-state index in [1.54, 1.807) is 41.3 Å². The molecule has 2 fully saturated rings. The van der Waals surface area contributed by atoms with Crippen LogP contribution in [0.4, 0.5) is 9.59 Å². The van der Waals surface area contributed by atoms with Gasteiger partial charge in [0.1, 0.15) is 17.5 Å².